The molecule has 2 nitrogen and oxygen atoms in total. The third-order valence-corrected chi connectivity index (χ3v) is 3.44. The van der Waals surface area contributed by atoms with Crippen LogP contribution in [0.15, 0.2) is 30.3 Å². The molecule has 0 spiro atoms. The topological polar surface area (TPSA) is 15.3 Å². The van der Waals surface area contributed by atoms with Crippen molar-refractivity contribution in [3.63, 3.8) is 0 Å². The molecule has 0 aliphatic rings. The number of hydrogen-bond donors (Lipinski definition) is 1. The van der Waals surface area contributed by atoms with Gasteiger partial charge in [0.1, 0.15) is 0 Å². The molecule has 0 heterocycles. The van der Waals surface area contributed by atoms with Gasteiger partial charge in [-0.25, -0.2) is 0 Å². The highest BCUT2D eigenvalue weighted by molar-refractivity contribution is 5.96. The first-order valence-electron chi connectivity index (χ1n) is 6.96. The zero-order valence-electron chi connectivity index (χ0n) is 12.5. The fraction of sp³-hybridized carbons (Fsp3) is 0.412. The van der Waals surface area contributed by atoms with Gasteiger partial charge in [-0.05, 0) is 64.0 Å². The molecule has 0 fully saturated rings. The van der Waals surface area contributed by atoms with E-state index in [1.165, 1.54) is 27.6 Å². The number of fused-ring (bicyclic) bond motifs is 1. The molecule has 0 aliphatic heterocycles. The van der Waals surface area contributed by atoms with Gasteiger partial charge in [-0.2, -0.15) is 0 Å². The molecule has 0 amide bonds. The number of aryl methyl sites for hydroxylation is 2. The molecule has 0 aromatic heterocycles. The van der Waals surface area contributed by atoms with E-state index in [1.54, 1.807) is 0 Å². The van der Waals surface area contributed by atoms with Crippen molar-refractivity contribution in [2.45, 2.75) is 20.3 Å². The van der Waals surface area contributed by atoms with Crippen molar-refractivity contribution in [3.05, 3.63) is 41.5 Å². The maximum atomic E-state index is 3.57. The van der Waals surface area contributed by atoms with Gasteiger partial charge < -0.3 is 10.2 Å². The molecule has 0 unspecified atom stereocenters. The second-order valence-corrected chi connectivity index (χ2v) is 5.57. The van der Waals surface area contributed by atoms with Crippen LogP contribution >= 0.6 is 0 Å². The highest BCUT2D eigenvalue weighted by atomic mass is 15.1. The SMILES string of the molecule is Cc1cc(C)c2cccc(NCCCN(C)C)c2c1. The first kappa shape index (κ1) is 13.9. The molecule has 0 radical (unpaired) electrons. The first-order chi connectivity index (χ1) is 9.08. The molecule has 102 valence electrons. The number of rotatable bonds is 5. The average Bonchev–Trinajstić information content (AvgIpc) is 2.34. The van der Waals surface area contributed by atoms with Crippen molar-refractivity contribution in [1.29, 1.82) is 0 Å². The van der Waals surface area contributed by atoms with Crippen LogP contribution in [-0.2, 0) is 0 Å². The largest absolute Gasteiger partial charge is 0.384 e. The normalized spacial score (nSPS) is 11.2. The van der Waals surface area contributed by atoms with Crippen molar-refractivity contribution in [2.75, 3.05) is 32.5 Å². The molecule has 0 aliphatic carbocycles. The fourth-order valence-corrected chi connectivity index (χ4v) is 2.53. The molecule has 19 heavy (non-hydrogen) atoms. The maximum absolute atomic E-state index is 3.57. The van der Waals surface area contributed by atoms with Crippen molar-refractivity contribution >= 4 is 16.5 Å². The second kappa shape index (κ2) is 6.07. The van der Waals surface area contributed by atoms with E-state index in [0.29, 0.717) is 0 Å². The Bertz CT molecular complexity index is 558. The van der Waals surface area contributed by atoms with Crippen LogP contribution in [-0.4, -0.2) is 32.1 Å². The van der Waals surface area contributed by atoms with Crippen LogP contribution in [0.5, 0.6) is 0 Å². The number of benzene rings is 2. The van der Waals surface area contributed by atoms with Crippen molar-refractivity contribution in [1.82, 2.24) is 4.90 Å². The Morgan fingerprint density at radius 1 is 1.05 bits per heavy atom. The van der Waals surface area contributed by atoms with Gasteiger partial charge in [0.15, 0.2) is 0 Å². The van der Waals surface area contributed by atoms with Crippen molar-refractivity contribution in [3.8, 4) is 0 Å². The molecule has 2 heteroatoms. The van der Waals surface area contributed by atoms with E-state index < -0.39 is 0 Å². The van der Waals surface area contributed by atoms with E-state index in [1.807, 2.05) is 0 Å². The molecule has 0 saturated heterocycles. The van der Waals surface area contributed by atoms with Gasteiger partial charge in [0, 0.05) is 17.6 Å². The minimum Gasteiger partial charge on any atom is -0.384 e. The summed E-state index contributed by atoms with van der Waals surface area (Å²) in [6, 6.07) is 11.0. The second-order valence-electron chi connectivity index (χ2n) is 5.57. The van der Waals surface area contributed by atoms with Gasteiger partial charge >= 0.3 is 0 Å². The number of nitrogens with one attached hydrogen (secondary N) is 1. The predicted octanol–water partition coefficient (Wildman–Crippen LogP) is 3.82. The highest BCUT2D eigenvalue weighted by Gasteiger charge is 2.03. The summed E-state index contributed by atoms with van der Waals surface area (Å²) in [5.41, 5.74) is 3.93. The number of nitrogens with zero attached hydrogens (tertiary/aromatic N) is 1. The summed E-state index contributed by atoms with van der Waals surface area (Å²) >= 11 is 0. The lowest BCUT2D eigenvalue weighted by Crippen LogP contribution is -2.16. The van der Waals surface area contributed by atoms with E-state index >= 15 is 0 Å². The summed E-state index contributed by atoms with van der Waals surface area (Å²) in [6.07, 6.45) is 1.16. The molecule has 2 rings (SSSR count). The zero-order chi connectivity index (χ0) is 13.8. The van der Waals surface area contributed by atoms with Crippen molar-refractivity contribution in [2.24, 2.45) is 0 Å². The Hall–Kier alpha value is -1.54. The summed E-state index contributed by atoms with van der Waals surface area (Å²) in [6.45, 7) is 6.49. The highest BCUT2D eigenvalue weighted by Crippen LogP contribution is 2.27. The number of hydrogen-bond acceptors (Lipinski definition) is 2. The quantitative estimate of drug-likeness (QED) is 0.818. The van der Waals surface area contributed by atoms with E-state index in [4.69, 9.17) is 0 Å². The molecule has 0 bridgehead atoms. The minimum absolute atomic E-state index is 1.02. The van der Waals surface area contributed by atoms with Gasteiger partial charge in [0.25, 0.3) is 0 Å². The lowest BCUT2D eigenvalue weighted by molar-refractivity contribution is 0.405. The zero-order valence-corrected chi connectivity index (χ0v) is 12.5. The third-order valence-electron chi connectivity index (χ3n) is 3.44. The Labute approximate surface area is 116 Å². The summed E-state index contributed by atoms with van der Waals surface area (Å²) < 4.78 is 0. The monoisotopic (exact) mass is 256 g/mol. The van der Waals surface area contributed by atoms with Crippen LogP contribution in [0, 0.1) is 13.8 Å². The van der Waals surface area contributed by atoms with Crippen LogP contribution < -0.4 is 5.32 Å². The van der Waals surface area contributed by atoms with Crippen LogP contribution in [0.2, 0.25) is 0 Å². The van der Waals surface area contributed by atoms with Gasteiger partial charge in [-0.15, -0.1) is 0 Å². The van der Waals surface area contributed by atoms with E-state index in [9.17, 15) is 0 Å². The van der Waals surface area contributed by atoms with Crippen LogP contribution in [0.3, 0.4) is 0 Å². The van der Waals surface area contributed by atoms with Gasteiger partial charge in [-0.1, -0.05) is 23.8 Å². The molecule has 2 aromatic rings. The number of anilines is 1. The van der Waals surface area contributed by atoms with Crippen LogP contribution in [0.4, 0.5) is 5.69 Å². The molecule has 0 atom stereocenters. The molecule has 1 N–H and O–H groups in total. The first-order valence-corrected chi connectivity index (χ1v) is 6.96. The summed E-state index contributed by atoms with van der Waals surface area (Å²) in [5, 5.41) is 6.26. The minimum atomic E-state index is 1.02. The Balaban J connectivity index is 2.19. The van der Waals surface area contributed by atoms with E-state index in [0.717, 1.165) is 19.5 Å². The average molecular weight is 256 g/mol. The predicted molar refractivity (Wildman–Crippen MR) is 85.1 cm³/mol. The smallest absolute Gasteiger partial charge is 0.0420 e. The molecular formula is C17H24N2. The fourth-order valence-electron chi connectivity index (χ4n) is 2.53. The van der Waals surface area contributed by atoms with Gasteiger partial charge in [-0.3, -0.25) is 0 Å². The summed E-state index contributed by atoms with van der Waals surface area (Å²) in [5.74, 6) is 0. The lowest BCUT2D eigenvalue weighted by atomic mass is 10.0. The molecular weight excluding hydrogens is 232 g/mol. The molecule has 2 aromatic carbocycles. The Morgan fingerprint density at radius 2 is 1.84 bits per heavy atom. The standard InChI is InChI=1S/C17H24N2/c1-13-11-14(2)15-7-5-8-17(16(15)12-13)18-9-6-10-19(3)4/h5,7-8,11-12,18H,6,9-10H2,1-4H3. The lowest BCUT2D eigenvalue weighted by Gasteiger charge is -2.13. The van der Waals surface area contributed by atoms with Gasteiger partial charge in [0.2, 0.25) is 0 Å². The van der Waals surface area contributed by atoms with Crippen LogP contribution in [0.1, 0.15) is 17.5 Å². The Morgan fingerprint density at radius 3 is 2.58 bits per heavy atom. The Kier molecular flexibility index (Phi) is 4.43. The molecule has 0 saturated carbocycles. The summed E-state index contributed by atoms with van der Waals surface area (Å²) in [4.78, 5) is 2.22. The maximum Gasteiger partial charge on any atom is 0.0420 e. The van der Waals surface area contributed by atoms with Gasteiger partial charge in [0.05, 0.1) is 0 Å². The summed E-state index contributed by atoms with van der Waals surface area (Å²) in [7, 11) is 4.23. The third kappa shape index (κ3) is 3.48. The van der Waals surface area contributed by atoms with E-state index in [2.05, 4.69) is 68.5 Å². The van der Waals surface area contributed by atoms with E-state index in [-0.39, 0.29) is 0 Å². The van der Waals surface area contributed by atoms with Crippen LogP contribution in [0.25, 0.3) is 10.8 Å². The van der Waals surface area contributed by atoms with Crippen molar-refractivity contribution < 1.29 is 0 Å².